The van der Waals surface area contributed by atoms with Crippen molar-refractivity contribution in [2.75, 3.05) is 49.7 Å². The van der Waals surface area contributed by atoms with Gasteiger partial charge in [-0.25, -0.2) is 9.18 Å². The van der Waals surface area contributed by atoms with Gasteiger partial charge in [-0.15, -0.1) is 0 Å². The quantitative estimate of drug-likeness (QED) is 0.652. The second kappa shape index (κ2) is 10.8. The molecule has 1 aromatic rings. The summed E-state index contributed by atoms with van der Waals surface area (Å²) < 4.78 is 37.4. The van der Waals surface area contributed by atoms with Gasteiger partial charge in [-0.3, -0.25) is 5.32 Å². The molecular weight excluding hydrogens is 379 g/mol. The molecule has 0 bridgehead atoms. The number of hydrogen-bond acceptors (Lipinski definition) is 6. The van der Waals surface area contributed by atoms with Gasteiger partial charge in [0, 0.05) is 38.3 Å². The zero-order chi connectivity index (χ0) is 21.4. The molecule has 1 saturated heterocycles. The van der Waals surface area contributed by atoms with E-state index in [4.69, 9.17) is 18.9 Å². The Balaban J connectivity index is 2.34. The monoisotopic (exact) mass is 412 g/mol. The lowest BCUT2D eigenvalue weighted by atomic mass is 10.1. The van der Waals surface area contributed by atoms with E-state index in [1.807, 2.05) is 18.7 Å². The van der Waals surface area contributed by atoms with E-state index in [-0.39, 0.29) is 6.42 Å². The number of hydrogen-bond donors (Lipinski definition) is 1. The van der Waals surface area contributed by atoms with Crippen LogP contribution in [0.5, 0.6) is 0 Å². The van der Waals surface area contributed by atoms with Gasteiger partial charge in [0.25, 0.3) is 0 Å². The summed E-state index contributed by atoms with van der Waals surface area (Å²) in [5.41, 5.74) is 0.491. The van der Waals surface area contributed by atoms with Crippen LogP contribution in [0.4, 0.5) is 20.6 Å². The largest absolute Gasteiger partial charge is 0.444 e. The fraction of sp³-hybridized carbons (Fsp3) is 0.667. The minimum absolute atomic E-state index is 0.164. The van der Waals surface area contributed by atoms with E-state index in [1.165, 1.54) is 0 Å². The van der Waals surface area contributed by atoms with Crippen molar-refractivity contribution in [1.82, 2.24) is 0 Å². The third kappa shape index (κ3) is 7.13. The lowest BCUT2D eigenvalue weighted by Gasteiger charge is -2.30. The maximum atomic E-state index is 15.6. The van der Waals surface area contributed by atoms with Crippen LogP contribution in [0, 0.1) is 5.82 Å². The van der Waals surface area contributed by atoms with Crippen LogP contribution in [0.2, 0.25) is 0 Å². The number of morpholine rings is 1. The molecule has 1 heterocycles. The molecule has 0 aromatic heterocycles. The molecule has 1 aliphatic rings. The number of benzene rings is 1. The highest BCUT2D eigenvalue weighted by Crippen LogP contribution is 2.31. The molecule has 0 saturated carbocycles. The summed E-state index contributed by atoms with van der Waals surface area (Å²) in [5, 5.41) is 2.67. The van der Waals surface area contributed by atoms with Crippen molar-refractivity contribution in [3.05, 3.63) is 23.5 Å². The van der Waals surface area contributed by atoms with Gasteiger partial charge in [0.2, 0.25) is 0 Å². The molecular formula is C21H33FN2O5. The summed E-state index contributed by atoms with van der Waals surface area (Å²) >= 11 is 0. The minimum atomic E-state index is -0.657. The first-order valence-electron chi connectivity index (χ1n) is 10.1. The minimum Gasteiger partial charge on any atom is -0.444 e. The highest BCUT2D eigenvalue weighted by molar-refractivity contribution is 5.86. The van der Waals surface area contributed by atoms with Crippen molar-refractivity contribution < 1.29 is 28.1 Å². The van der Waals surface area contributed by atoms with Gasteiger partial charge >= 0.3 is 6.09 Å². The van der Waals surface area contributed by atoms with Crippen LogP contribution in [0.1, 0.15) is 40.2 Å². The molecule has 1 aliphatic heterocycles. The molecule has 7 nitrogen and oxygen atoms in total. The first kappa shape index (κ1) is 23.4. The highest BCUT2D eigenvalue weighted by Gasteiger charge is 2.24. The van der Waals surface area contributed by atoms with Crippen molar-refractivity contribution >= 4 is 17.5 Å². The Morgan fingerprint density at radius 2 is 1.83 bits per heavy atom. The molecule has 1 amide bonds. The predicted octanol–water partition coefficient (Wildman–Crippen LogP) is 3.95. The topological polar surface area (TPSA) is 69.3 Å². The summed E-state index contributed by atoms with van der Waals surface area (Å²) in [5.74, 6) is -0.398. The number of ether oxygens (including phenoxy) is 4. The fourth-order valence-corrected chi connectivity index (χ4v) is 3.09. The third-order valence-corrected chi connectivity index (χ3v) is 4.29. The van der Waals surface area contributed by atoms with Gasteiger partial charge in [0.15, 0.2) is 12.1 Å². The van der Waals surface area contributed by atoms with Gasteiger partial charge in [-0.2, -0.15) is 0 Å². The summed E-state index contributed by atoms with van der Waals surface area (Å²) in [6, 6.07) is 3.37. The fourth-order valence-electron chi connectivity index (χ4n) is 3.09. The van der Waals surface area contributed by atoms with Crippen molar-refractivity contribution in [3.8, 4) is 0 Å². The molecule has 0 aliphatic carbocycles. The molecule has 0 atom stereocenters. The number of amides is 1. The van der Waals surface area contributed by atoms with E-state index in [0.717, 1.165) is 0 Å². The van der Waals surface area contributed by atoms with E-state index >= 15 is 4.39 Å². The molecule has 0 radical (unpaired) electrons. The molecule has 164 valence electrons. The zero-order valence-electron chi connectivity index (χ0n) is 18.0. The molecule has 8 heteroatoms. The Morgan fingerprint density at radius 1 is 1.21 bits per heavy atom. The predicted molar refractivity (Wildman–Crippen MR) is 110 cm³/mol. The van der Waals surface area contributed by atoms with E-state index in [9.17, 15) is 4.79 Å². The lowest BCUT2D eigenvalue weighted by Crippen LogP contribution is -2.37. The van der Waals surface area contributed by atoms with Crippen molar-refractivity contribution in [2.45, 2.75) is 52.9 Å². The van der Waals surface area contributed by atoms with Crippen LogP contribution in [0.15, 0.2) is 12.1 Å². The number of nitrogens with one attached hydrogen (secondary N) is 1. The number of anilines is 2. The second-order valence-corrected chi connectivity index (χ2v) is 7.70. The molecule has 2 rings (SSSR count). The molecule has 0 spiro atoms. The van der Waals surface area contributed by atoms with Gasteiger partial charge in [-0.1, -0.05) is 0 Å². The van der Waals surface area contributed by atoms with Crippen LogP contribution >= 0.6 is 0 Å². The molecule has 0 unspecified atom stereocenters. The van der Waals surface area contributed by atoms with E-state index in [1.54, 1.807) is 32.9 Å². The maximum Gasteiger partial charge on any atom is 0.412 e. The number of carbonyl (C=O) groups excluding carboxylic acids is 1. The van der Waals surface area contributed by atoms with E-state index < -0.39 is 23.8 Å². The first-order valence-corrected chi connectivity index (χ1v) is 10.1. The van der Waals surface area contributed by atoms with Gasteiger partial charge in [0.1, 0.15) is 5.60 Å². The summed E-state index contributed by atoms with van der Waals surface area (Å²) in [6.45, 7) is 12.2. The Kier molecular flexibility index (Phi) is 8.67. The van der Waals surface area contributed by atoms with Crippen molar-refractivity contribution in [1.29, 1.82) is 0 Å². The second-order valence-electron chi connectivity index (χ2n) is 7.70. The Morgan fingerprint density at radius 3 is 2.38 bits per heavy atom. The molecule has 1 fully saturated rings. The maximum absolute atomic E-state index is 15.6. The van der Waals surface area contributed by atoms with Crippen LogP contribution in [0.3, 0.4) is 0 Å². The van der Waals surface area contributed by atoms with E-state index in [0.29, 0.717) is 56.5 Å². The van der Waals surface area contributed by atoms with Crippen molar-refractivity contribution in [2.24, 2.45) is 0 Å². The van der Waals surface area contributed by atoms with Crippen molar-refractivity contribution in [3.63, 3.8) is 0 Å². The van der Waals surface area contributed by atoms with Gasteiger partial charge in [0.05, 0.1) is 24.6 Å². The first-order chi connectivity index (χ1) is 13.7. The van der Waals surface area contributed by atoms with Gasteiger partial charge in [-0.05, 0) is 46.8 Å². The zero-order valence-corrected chi connectivity index (χ0v) is 18.0. The number of halogens is 1. The van der Waals surface area contributed by atoms with Crippen LogP contribution < -0.4 is 10.2 Å². The third-order valence-electron chi connectivity index (χ3n) is 4.29. The molecule has 1 aromatic carbocycles. The van der Waals surface area contributed by atoms with Crippen LogP contribution in [0.25, 0.3) is 0 Å². The van der Waals surface area contributed by atoms with Crippen LogP contribution in [-0.4, -0.2) is 57.5 Å². The van der Waals surface area contributed by atoms with Gasteiger partial charge < -0.3 is 23.8 Å². The normalized spacial score (nSPS) is 14.9. The SMILES string of the molecule is CCOC(Cc1c(NC(=O)OC(C)(C)C)ccc(N2CCOCC2)c1F)OCC. The molecule has 1 N–H and O–H groups in total. The smallest absolute Gasteiger partial charge is 0.412 e. The Labute approximate surface area is 172 Å². The summed E-state index contributed by atoms with van der Waals surface area (Å²) in [6.07, 6.45) is -1.09. The van der Waals surface area contributed by atoms with Crippen LogP contribution in [-0.2, 0) is 25.4 Å². The average molecular weight is 413 g/mol. The molecule has 29 heavy (non-hydrogen) atoms. The summed E-state index contributed by atoms with van der Waals surface area (Å²) in [4.78, 5) is 14.2. The van der Waals surface area contributed by atoms with E-state index in [2.05, 4.69) is 5.32 Å². The lowest BCUT2D eigenvalue weighted by molar-refractivity contribution is -0.134. The Hall–Kier alpha value is -1.90. The number of nitrogens with zero attached hydrogens (tertiary/aromatic N) is 1. The summed E-state index contributed by atoms with van der Waals surface area (Å²) in [7, 11) is 0. The average Bonchev–Trinajstić information content (AvgIpc) is 2.64. The standard InChI is InChI=1S/C21H33FN2O5/c1-6-27-18(28-7-2)14-15-16(23-20(25)29-21(3,4)5)8-9-17(19(15)22)24-10-12-26-13-11-24/h8-9,18H,6-7,10-14H2,1-5H3,(H,23,25). The highest BCUT2D eigenvalue weighted by atomic mass is 19.1. The number of carbonyl (C=O) groups is 1. The number of rotatable bonds is 8. The Bertz CT molecular complexity index is 666.